The van der Waals surface area contributed by atoms with Crippen LogP contribution in [0.25, 0.3) is 0 Å². The average molecular weight is 360 g/mol. The average Bonchev–Trinajstić information content (AvgIpc) is 2.61. The minimum absolute atomic E-state index is 0.121. The van der Waals surface area contributed by atoms with Crippen LogP contribution in [0.4, 0.5) is 5.69 Å². The van der Waals surface area contributed by atoms with Crippen molar-refractivity contribution in [3.63, 3.8) is 0 Å². The Balaban J connectivity index is 2.09. The van der Waals surface area contributed by atoms with Crippen LogP contribution in [0.15, 0.2) is 60.7 Å². The van der Waals surface area contributed by atoms with Gasteiger partial charge in [-0.1, -0.05) is 48.5 Å². The Hall–Kier alpha value is -2.18. The Kier molecular flexibility index (Phi) is 6.33. The summed E-state index contributed by atoms with van der Waals surface area (Å²) in [5, 5.41) is 0. The van der Waals surface area contributed by atoms with Gasteiger partial charge in [-0.25, -0.2) is 8.42 Å². The van der Waals surface area contributed by atoms with Crippen molar-refractivity contribution in [1.29, 1.82) is 0 Å². The van der Waals surface area contributed by atoms with Gasteiger partial charge in [-0.05, 0) is 24.6 Å². The van der Waals surface area contributed by atoms with Gasteiger partial charge < -0.3 is 4.90 Å². The van der Waals surface area contributed by atoms with E-state index in [-0.39, 0.29) is 24.9 Å². The highest BCUT2D eigenvalue weighted by molar-refractivity contribution is 7.88. The van der Waals surface area contributed by atoms with E-state index in [4.69, 9.17) is 0 Å². The molecule has 0 heterocycles. The molecule has 0 aliphatic heterocycles. The highest BCUT2D eigenvalue weighted by Gasteiger charge is 2.25. The highest BCUT2D eigenvalue weighted by atomic mass is 32.2. The van der Waals surface area contributed by atoms with Gasteiger partial charge in [0.05, 0.1) is 6.26 Å². The van der Waals surface area contributed by atoms with E-state index < -0.39 is 10.0 Å². The molecule has 2 aromatic rings. The third kappa shape index (κ3) is 5.14. The van der Waals surface area contributed by atoms with Gasteiger partial charge in [0, 0.05) is 31.7 Å². The highest BCUT2D eigenvalue weighted by Crippen LogP contribution is 2.23. The minimum atomic E-state index is -3.44. The summed E-state index contributed by atoms with van der Waals surface area (Å²) in [4.78, 5) is 14.0. The monoisotopic (exact) mass is 360 g/mol. The number of anilines is 1. The maximum atomic E-state index is 12.4. The molecule has 1 amide bonds. The molecule has 2 aromatic carbocycles. The summed E-state index contributed by atoms with van der Waals surface area (Å²) in [6.45, 7) is 1.98. The van der Waals surface area contributed by atoms with E-state index in [1.165, 1.54) is 10.6 Å². The topological polar surface area (TPSA) is 57.7 Å². The molecule has 0 fully saturated rings. The SMILES string of the molecule is CC(c1ccccc1)N(CCC(=O)N(C)c1ccccc1)S(C)(=O)=O. The lowest BCUT2D eigenvalue weighted by atomic mass is 10.1. The number of nitrogens with zero attached hydrogens (tertiary/aromatic N) is 2. The van der Waals surface area contributed by atoms with E-state index in [9.17, 15) is 13.2 Å². The molecule has 0 N–H and O–H groups in total. The Morgan fingerprint density at radius 2 is 1.52 bits per heavy atom. The standard InChI is InChI=1S/C19H24N2O3S/c1-16(17-10-6-4-7-11-17)21(25(3,23)24)15-14-19(22)20(2)18-12-8-5-9-13-18/h4-13,16H,14-15H2,1-3H3. The number of hydrogen-bond donors (Lipinski definition) is 0. The summed E-state index contributed by atoms with van der Waals surface area (Å²) in [6.07, 6.45) is 1.30. The predicted molar refractivity (Wildman–Crippen MR) is 101 cm³/mol. The van der Waals surface area contributed by atoms with Crippen molar-refractivity contribution in [2.75, 3.05) is 24.7 Å². The molecule has 0 aromatic heterocycles. The van der Waals surface area contributed by atoms with E-state index in [0.717, 1.165) is 11.3 Å². The fourth-order valence-electron chi connectivity index (χ4n) is 2.71. The zero-order valence-corrected chi connectivity index (χ0v) is 15.6. The second kappa shape index (κ2) is 8.27. The van der Waals surface area contributed by atoms with Crippen molar-refractivity contribution >= 4 is 21.6 Å². The Morgan fingerprint density at radius 1 is 1.00 bits per heavy atom. The van der Waals surface area contributed by atoms with Crippen molar-refractivity contribution in [2.45, 2.75) is 19.4 Å². The molecule has 0 saturated carbocycles. The van der Waals surface area contributed by atoms with Gasteiger partial charge in [0.25, 0.3) is 0 Å². The lowest BCUT2D eigenvalue weighted by Crippen LogP contribution is -2.37. The maximum Gasteiger partial charge on any atom is 0.228 e. The second-order valence-electron chi connectivity index (χ2n) is 6.00. The van der Waals surface area contributed by atoms with E-state index >= 15 is 0 Å². The van der Waals surface area contributed by atoms with Gasteiger partial charge in [0.2, 0.25) is 15.9 Å². The molecule has 25 heavy (non-hydrogen) atoms. The summed E-state index contributed by atoms with van der Waals surface area (Å²) in [6, 6.07) is 18.4. The summed E-state index contributed by atoms with van der Waals surface area (Å²) < 4.78 is 25.8. The number of sulfonamides is 1. The van der Waals surface area contributed by atoms with Crippen molar-refractivity contribution in [1.82, 2.24) is 4.31 Å². The minimum Gasteiger partial charge on any atom is -0.315 e. The second-order valence-corrected chi connectivity index (χ2v) is 7.93. The van der Waals surface area contributed by atoms with E-state index in [1.807, 2.05) is 67.6 Å². The van der Waals surface area contributed by atoms with Crippen LogP contribution in [-0.2, 0) is 14.8 Å². The molecule has 0 spiro atoms. The number of rotatable bonds is 7. The number of para-hydroxylation sites is 1. The predicted octanol–water partition coefficient (Wildman–Crippen LogP) is 3.06. The van der Waals surface area contributed by atoms with E-state index in [1.54, 1.807) is 11.9 Å². The number of hydrogen-bond acceptors (Lipinski definition) is 3. The summed E-state index contributed by atoms with van der Waals surface area (Å²) in [7, 11) is -1.74. The number of benzene rings is 2. The van der Waals surface area contributed by atoms with Crippen LogP contribution in [0.1, 0.15) is 24.9 Å². The zero-order valence-electron chi connectivity index (χ0n) is 14.8. The molecule has 0 bridgehead atoms. The van der Waals surface area contributed by atoms with Crippen LogP contribution in [0, 0.1) is 0 Å². The molecule has 0 aliphatic carbocycles. The molecule has 5 nitrogen and oxygen atoms in total. The Bertz CT molecular complexity index is 792. The Labute approximate surface area is 149 Å². The third-order valence-electron chi connectivity index (χ3n) is 4.20. The summed E-state index contributed by atoms with van der Waals surface area (Å²) in [5.41, 5.74) is 1.69. The first-order valence-electron chi connectivity index (χ1n) is 8.14. The van der Waals surface area contributed by atoms with Crippen LogP contribution in [0.5, 0.6) is 0 Å². The van der Waals surface area contributed by atoms with Gasteiger partial charge in [0.15, 0.2) is 0 Å². The van der Waals surface area contributed by atoms with Crippen molar-refractivity contribution in [3.05, 3.63) is 66.2 Å². The molecule has 0 aliphatic rings. The summed E-state index contributed by atoms with van der Waals surface area (Å²) in [5.74, 6) is -0.125. The van der Waals surface area contributed by atoms with Crippen LogP contribution in [0.3, 0.4) is 0 Å². The lowest BCUT2D eigenvalue weighted by Gasteiger charge is -2.28. The molecule has 134 valence electrons. The molecule has 0 saturated heterocycles. The van der Waals surface area contributed by atoms with Crippen LogP contribution in [0.2, 0.25) is 0 Å². The largest absolute Gasteiger partial charge is 0.315 e. The third-order valence-corrected chi connectivity index (χ3v) is 5.55. The molecule has 2 rings (SSSR count). The molecule has 1 atom stereocenters. The van der Waals surface area contributed by atoms with E-state index in [2.05, 4.69) is 0 Å². The lowest BCUT2D eigenvalue weighted by molar-refractivity contribution is -0.118. The fraction of sp³-hybridized carbons (Fsp3) is 0.316. The summed E-state index contributed by atoms with van der Waals surface area (Å²) >= 11 is 0. The first kappa shape index (κ1) is 19.1. The number of amides is 1. The normalized spacial score (nSPS) is 12.8. The van der Waals surface area contributed by atoms with Gasteiger partial charge in [-0.2, -0.15) is 4.31 Å². The zero-order chi connectivity index (χ0) is 18.4. The van der Waals surface area contributed by atoms with Crippen molar-refractivity contribution in [2.24, 2.45) is 0 Å². The van der Waals surface area contributed by atoms with Crippen LogP contribution < -0.4 is 4.90 Å². The van der Waals surface area contributed by atoms with Crippen molar-refractivity contribution < 1.29 is 13.2 Å². The maximum absolute atomic E-state index is 12.4. The van der Waals surface area contributed by atoms with Crippen LogP contribution in [-0.4, -0.2) is 38.5 Å². The smallest absolute Gasteiger partial charge is 0.228 e. The molecule has 6 heteroatoms. The van der Waals surface area contributed by atoms with E-state index in [0.29, 0.717) is 0 Å². The van der Waals surface area contributed by atoms with Crippen molar-refractivity contribution in [3.8, 4) is 0 Å². The molecule has 1 unspecified atom stereocenters. The van der Waals surface area contributed by atoms with Gasteiger partial charge in [-0.3, -0.25) is 4.79 Å². The number of carbonyl (C=O) groups is 1. The first-order valence-corrected chi connectivity index (χ1v) is 9.99. The van der Waals surface area contributed by atoms with Gasteiger partial charge in [0.1, 0.15) is 0 Å². The van der Waals surface area contributed by atoms with Gasteiger partial charge >= 0.3 is 0 Å². The van der Waals surface area contributed by atoms with Gasteiger partial charge in [-0.15, -0.1) is 0 Å². The molecular formula is C19H24N2O3S. The van der Waals surface area contributed by atoms with Crippen LogP contribution >= 0.6 is 0 Å². The molecule has 0 radical (unpaired) electrons. The quantitative estimate of drug-likeness (QED) is 0.762. The fourth-order valence-corrected chi connectivity index (χ4v) is 3.83. The first-order chi connectivity index (χ1) is 11.8. The number of carbonyl (C=O) groups excluding carboxylic acids is 1. The molecular weight excluding hydrogens is 336 g/mol. The Morgan fingerprint density at radius 3 is 2.04 bits per heavy atom.